The molecule has 1 amide bonds. The van der Waals surface area contributed by atoms with Crippen molar-refractivity contribution in [2.75, 3.05) is 11.6 Å². The normalized spacial score (nSPS) is 11.7. The van der Waals surface area contributed by atoms with Crippen molar-refractivity contribution >= 4 is 32.5 Å². The molecule has 0 spiro atoms. The van der Waals surface area contributed by atoms with E-state index in [1.54, 1.807) is 18.2 Å². The molecule has 10 heteroatoms. The second-order valence-corrected chi connectivity index (χ2v) is 8.23. The summed E-state index contributed by atoms with van der Waals surface area (Å²) in [7, 11) is -3.56. The number of anilines is 1. The summed E-state index contributed by atoms with van der Waals surface area (Å²) in [4.78, 5) is 19.4. The lowest BCUT2D eigenvalue weighted by Crippen LogP contribution is -2.10. The lowest BCUT2D eigenvalue weighted by atomic mass is 10.2. The van der Waals surface area contributed by atoms with Gasteiger partial charge in [0.05, 0.1) is 16.6 Å². The van der Waals surface area contributed by atoms with Crippen LogP contribution < -0.4 is 5.32 Å². The molecular formula is C19H13F2N3O4S. The Kier molecular flexibility index (Phi) is 4.42. The van der Waals surface area contributed by atoms with Gasteiger partial charge in [0.2, 0.25) is 14.9 Å². The lowest BCUT2D eigenvalue weighted by molar-refractivity contribution is 0.0991. The first-order chi connectivity index (χ1) is 13.7. The van der Waals surface area contributed by atoms with Crippen LogP contribution in [0.1, 0.15) is 10.6 Å². The molecular weight excluding hydrogens is 404 g/mol. The Labute approximate surface area is 163 Å². The monoisotopic (exact) mass is 417 g/mol. The third-order valence-electron chi connectivity index (χ3n) is 4.09. The topological polar surface area (TPSA) is 105 Å². The molecule has 2 heterocycles. The highest BCUT2D eigenvalue weighted by Gasteiger charge is 2.18. The average molecular weight is 417 g/mol. The fourth-order valence-corrected chi connectivity index (χ4v) is 3.28. The maximum absolute atomic E-state index is 14.0. The molecule has 148 valence electrons. The van der Waals surface area contributed by atoms with E-state index < -0.39 is 27.4 Å². The van der Waals surface area contributed by atoms with E-state index in [0.717, 1.165) is 24.5 Å². The lowest BCUT2D eigenvalue weighted by Gasteiger charge is -2.03. The third kappa shape index (κ3) is 3.74. The van der Waals surface area contributed by atoms with Gasteiger partial charge in [0.25, 0.3) is 5.91 Å². The molecule has 0 unspecified atom stereocenters. The number of nitrogens with zero attached hydrogens (tertiary/aromatic N) is 1. The maximum Gasteiger partial charge on any atom is 0.291 e. The largest absolute Gasteiger partial charge is 0.440 e. The molecule has 0 fully saturated rings. The summed E-state index contributed by atoms with van der Waals surface area (Å²) in [6, 6.07) is 10.2. The number of nitrogens with one attached hydrogen (secondary N) is 2. The van der Waals surface area contributed by atoms with Gasteiger partial charge in [-0.2, -0.15) is 0 Å². The fourth-order valence-electron chi connectivity index (χ4n) is 2.73. The summed E-state index contributed by atoms with van der Waals surface area (Å²) < 4.78 is 55.4. The van der Waals surface area contributed by atoms with Crippen LogP contribution in [-0.2, 0) is 9.84 Å². The molecule has 4 rings (SSSR count). The summed E-state index contributed by atoms with van der Waals surface area (Å²) in [5, 5.41) is 2.26. The number of halogens is 2. The Morgan fingerprint density at radius 3 is 2.62 bits per heavy atom. The molecule has 0 bridgehead atoms. The van der Waals surface area contributed by atoms with Crippen molar-refractivity contribution in [2.24, 2.45) is 0 Å². The Morgan fingerprint density at radius 2 is 1.90 bits per heavy atom. The Bertz CT molecular complexity index is 1360. The average Bonchev–Trinajstić information content (AvgIpc) is 3.30. The summed E-state index contributed by atoms with van der Waals surface area (Å²) in [5.74, 6) is -1.89. The van der Waals surface area contributed by atoms with Crippen molar-refractivity contribution in [1.29, 1.82) is 0 Å². The van der Waals surface area contributed by atoms with E-state index in [9.17, 15) is 22.0 Å². The number of hydrogen-bond acceptors (Lipinski definition) is 5. The van der Waals surface area contributed by atoms with Crippen molar-refractivity contribution in [3.05, 3.63) is 65.9 Å². The summed E-state index contributed by atoms with van der Waals surface area (Å²) in [6.45, 7) is 0. The SMILES string of the molecule is CS(=O)(=O)c1ccc(C(=O)Nc2ccc3nc(-c4cc(F)ccc4F)[nH]c3c2)o1. The second kappa shape index (κ2) is 6.82. The van der Waals surface area contributed by atoms with Gasteiger partial charge in [-0.1, -0.05) is 0 Å². The van der Waals surface area contributed by atoms with Crippen LogP contribution in [0.2, 0.25) is 0 Å². The van der Waals surface area contributed by atoms with Crippen LogP contribution in [0.3, 0.4) is 0 Å². The summed E-state index contributed by atoms with van der Waals surface area (Å²) in [5.41, 5.74) is 1.32. The number of rotatable bonds is 4. The van der Waals surface area contributed by atoms with Crippen molar-refractivity contribution < 1.29 is 26.4 Å². The maximum atomic E-state index is 14.0. The first-order valence-electron chi connectivity index (χ1n) is 8.27. The predicted octanol–water partition coefficient (Wildman–Crippen LogP) is 3.76. The van der Waals surface area contributed by atoms with Crippen LogP contribution in [0.15, 0.2) is 58.0 Å². The van der Waals surface area contributed by atoms with Crippen molar-refractivity contribution in [3.8, 4) is 11.4 Å². The molecule has 0 saturated carbocycles. The highest BCUT2D eigenvalue weighted by atomic mass is 32.2. The molecule has 4 aromatic rings. The summed E-state index contributed by atoms with van der Waals surface area (Å²) in [6.07, 6.45) is 0.971. The first-order valence-corrected chi connectivity index (χ1v) is 10.2. The minimum atomic E-state index is -3.56. The zero-order chi connectivity index (χ0) is 20.8. The van der Waals surface area contributed by atoms with E-state index in [1.807, 2.05) is 0 Å². The molecule has 2 aromatic carbocycles. The van der Waals surface area contributed by atoms with Crippen LogP contribution in [0.4, 0.5) is 14.5 Å². The molecule has 2 aromatic heterocycles. The fraction of sp³-hybridized carbons (Fsp3) is 0.0526. The molecule has 7 nitrogen and oxygen atoms in total. The number of imidazole rings is 1. The van der Waals surface area contributed by atoms with Crippen LogP contribution >= 0.6 is 0 Å². The van der Waals surface area contributed by atoms with Crippen LogP contribution in [0.5, 0.6) is 0 Å². The van der Waals surface area contributed by atoms with Gasteiger partial charge in [-0.3, -0.25) is 4.79 Å². The van der Waals surface area contributed by atoms with Gasteiger partial charge >= 0.3 is 0 Å². The van der Waals surface area contributed by atoms with Crippen molar-refractivity contribution in [2.45, 2.75) is 5.09 Å². The molecule has 0 saturated heterocycles. The van der Waals surface area contributed by atoms with E-state index in [-0.39, 0.29) is 22.2 Å². The number of benzene rings is 2. The standard InChI is InChI=1S/C19H13F2N3O4S/c1-29(26,27)17-7-6-16(28-17)19(25)22-11-3-5-14-15(9-11)24-18(23-14)12-8-10(20)2-4-13(12)21/h2-9H,1H3,(H,22,25)(H,23,24). The Morgan fingerprint density at radius 1 is 1.10 bits per heavy atom. The minimum Gasteiger partial charge on any atom is -0.440 e. The van der Waals surface area contributed by atoms with Gasteiger partial charge in [0, 0.05) is 11.9 Å². The van der Waals surface area contributed by atoms with Gasteiger partial charge in [-0.15, -0.1) is 0 Å². The molecule has 0 aliphatic rings. The highest BCUT2D eigenvalue weighted by molar-refractivity contribution is 7.90. The number of furan rings is 1. The van der Waals surface area contributed by atoms with Crippen LogP contribution in [0, 0.1) is 11.6 Å². The number of hydrogen-bond donors (Lipinski definition) is 2. The van der Waals surface area contributed by atoms with Gasteiger partial charge in [0.15, 0.2) is 5.76 Å². The third-order valence-corrected chi connectivity index (χ3v) is 5.04. The molecule has 0 atom stereocenters. The number of carbonyl (C=O) groups is 1. The number of aromatic nitrogens is 2. The molecule has 29 heavy (non-hydrogen) atoms. The quantitative estimate of drug-likeness (QED) is 0.526. The number of sulfone groups is 1. The van der Waals surface area contributed by atoms with Crippen molar-refractivity contribution in [3.63, 3.8) is 0 Å². The van der Waals surface area contributed by atoms with E-state index in [4.69, 9.17) is 4.42 Å². The minimum absolute atomic E-state index is 0.0179. The smallest absolute Gasteiger partial charge is 0.291 e. The van der Waals surface area contributed by atoms with Gasteiger partial charge in [-0.25, -0.2) is 22.2 Å². The van der Waals surface area contributed by atoms with Gasteiger partial charge in [-0.05, 0) is 48.5 Å². The van der Waals surface area contributed by atoms with E-state index in [1.165, 1.54) is 12.1 Å². The highest BCUT2D eigenvalue weighted by Crippen LogP contribution is 2.26. The predicted molar refractivity (Wildman–Crippen MR) is 101 cm³/mol. The van der Waals surface area contributed by atoms with Crippen LogP contribution in [-0.4, -0.2) is 30.5 Å². The van der Waals surface area contributed by atoms with E-state index in [2.05, 4.69) is 15.3 Å². The number of H-pyrrole nitrogens is 1. The number of amides is 1. The number of aromatic amines is 1. The summed E-state index contributed by atoms with van der Waals surface area (Å²) >= 11 is 0. The zero-order valence-corrected chi connectivity index (χ0v) is 15.7. The van der Waals surface area contributed by atoms with Crippen molar-refractivity contribution in [1.82, 2.24) is 9.97 Å². The first kappa shape index (κ1) is 18.8. The zero-order valence-electron chi connectivity index (χ0n) is 14.9. The van der Waals surface area contributed by atoms with E-state index >= 15 is 0 Å². The molecule has 2 N–H and O–H groups in total. The molecule has 0 aliphatic carbocycles. The molecule has 0 radical (unpaired) electrons. The number of carbonyl (C=O) groups excluding carboxylic acids is 1. The molecule has 0 aliphatic heterocycles. The number of fused-ring (bicyclic) bond motifs is 1. The second-order valence-electron chi connectivity index (χ2n) is 6.29. The Hall–Kier alpha value is -3.53. The van der Waals surface area contributed by atoms with Gasteiger partial charge < -0.3 is 14.7 Å². The van der Waals surface area contributed by atoms with Crippen LogP contribution in [0.25, 0.3) is 22.4 Å². The van der Waals surface area contributed by atoms with Gasteiger partial charge in [0.1, 0.15) is 17.5 Å². The van der Waals surface area contributed by atoms with E-state index in [0.29, 0.717) is 16.7 Å². The Balaban J connectivity index is 1.62.